The Kier molecular flexibility index (Phi) is 5.57. The lowest BCUT2D eigenvalue weighted by Gasteiger charge is -2.42. The van der Waals surface area contributed by atoms with Crippen LogP contribution in [0.2, 0.25) is 0 Å². The highest BCUT2D eigenvalue weighted by molar-refractivity contribution is 5.04. The summed E-state index contributed by atoms with van der Waals surface area (Å²) < 4.78 is 1.86. The molecule has 1 N–H and O–H groups in total. The van der Waals surface area contributed by atoms with Gasteiger partial charge in [-0.1, -0.05) is 13.8 Å². The van der Waals surface area contributed by atoms with Gasteiger partial charge in [-0.15, -0.1) is 0 Å². The third-order valence-corrected chi connectivity index (χ3v) is 3.92. The number of aliphatic hydroxyl groups excluding tert-OH is 1. The highest BCUT2D eigenvalue weighted by Gasteiger charge is 2.26. The molecule has 5 heteroatoms. The Bertz CT molecular complexity index is 404. The molecule has 114 valence electrons. The smallest absolute Gasteiger partial charge is 0.0534 e. The fraction of sp³-hybridized carbons (Fsp3) is 0.800. The second kappa shape index (κ2) is 7.20. The van der Waals surface area contributed by atoms with E-state index >= 15 is 0 Å². The minimum absolute atomic E-state index is 0.278. The Morgan fingerprint density at radius 3 is 2.80 bits per heavy atom. The lowest BCUT2D eigenvalue weighted by molar-refractivity contribution is 0.0477. The quantitative estimate of drug-likeness (QED) is 0.842. The van der Waals surface area contributed by atoms with Crippen LogP contribution in [0.15, 0.2) is 12.4 Å². The molecule has 1 aromatic rings. The molecule has 2 heterocycles. The maximum atomic E-state index is 9.29. The fourth-order valence-corrected chi connectivity index (χ4v) is 3.04. The van der Waals surface area contributed by atoms with Gasteiger partial charge in [0.1, 0.15) is 0 Å². The van der Waals surface area contributed by atoms with Gasteiger partial charge in [-0.3, -0.25) is 14.5 Å². The van der Waals surface area contributed by atoms with Crippen molar-refractivity contribution in [2.24, 2.45) is 13.0 Å². The molecule has 0 amide bonds. The number of nitrogens with zero attached hydrogens (tertiary/aromatic N) is 4. The van der Waals surface area contributed by atoms with Gasteiger partial charge in [-0.05, 0) is 12.3 Å². The van der Waals surface area contributed by atoms with Crippen molar-refractivity contribution in [3.8, 4) is 0 Å². The molecule has 0 aromatic carbocycles. The summed E-state index contributed by atoms with van der Waals surface area (Å²) in [5.74, 6) is 0.682. The summed E-state index contributed by atoms with van der Waals surface area (Å²) in [6, 6.07) is 0.479. The molecule has 2 rings (SSSR count). The maximum Gasteiger partial charge on any atom is 0.0534 e. The predicted molar refractivity (Wildman–Crippen MR) is 80.4 cm³/mol. The van der Waals surface area contributed by atoms with Crippen LogP contribution in [-0.4, -0.2) is 63.5 Å². The van der Waals surface area contributed by atoms with Crippen molar-refractivity contribution in [3.05, 3.63) is 18.0 Å². The predicted octanol–water partition coefficient (Wildman–Crippen LogP) is 0.945. The number of aromatic nitrogens is 2. The summed E-state index contributed by atoms with van der Waals surface area (Å²) in [6.07, 6.45) is 4.90. The Labute approximate surface area is 122 Å². The largest absolute Gasteiger partial charge is 0.396 e. The highest BCUT2D eigenvalue weighted by atomic mass is 16.3. The summed E-state index contributed by atoms with van der Waals surface area (Å²) in [5, 5.41) is 13.5. The van der Waals surface area contributed by atoms with Crippen LogP contribution in [0.4, 0.5) is 0 Å². The first-order chi connectivity index (χ1) is 9.58. The van der Waals surface area contributed by atoms with E-state index in [1.54, 1.807) is 0 Å². The topological polar surface area (TPSA) is 44.5 Å². The van der Waals surface area contributed by atoms with Gasteiger partial charge in [0.25, 0.3) is 0 Å². The van der Waals surface area contributed by atoms with Gasteiger partial charge in [0.2, 0.25) is 0 Å². The van der Waals surface area contributed by atoms with Gasteiger partial charge in [0.05, 0.1) is 6.20 Å². The van der Waals surface area contributed by atoms with Crippen molar-refractivity contribution in [1.29, 1.82) is 0 Å². The summed E-state index contributed by atoms with van der Waals surface area (Å²) in [4.78, 5) is 5.02. The summed E-state index contributed by atoms with van der Waals surface area (Å²) in [5.41, 5.74) is 1.27. The molecule has 0 radical (unpaired) electrons. The number of aliphatic hydroxyl groups is 1. The van der Waals surface area contributed by atoms with Crippen LogP contribution in [0.5, 0.6) is 0 Å². The van der Waals surface area contributed by atoms with E-state index < -0.39 is 0 Å². The van der Waals surface area contributed by atoms with Crippen LogP contribution >= 0.6 is 0 Å². The molecule has 1 atom stereocenters. The fourth-order valence-electron chi connectivity index (χ4n) is 3.04. The van der Waals surface area contributed by atoms with Gasteiger partial charge in [0, 0.05) is 64.2 Å². The van der Waals surface area contributed by atoms with Crippen molar-refractivity contribution in [3.63, 3.8) is 0 Å². The molecular formula is C15H28N4O. The minimum atomic E-state index is 0.278. The van der Waals surface area contributed by atoms with Gasteiger partial charge >= 0.3 is 0 Å². The van der Waals surface area contributed by atoms with E-state index in [9.17, 15) is 5.11 Å². The first-order valence-corrected chi connectivity index (χ1v) is 7.63. The number of piperazine rings is 1. The lowest BCUT2D eigenvalue weighted by atomic mass is 10.1. The third-order valence-electron chi connectivity index (χ3n) is 3.92. The zero-order chi connectivity index (χ0) is 14.5. The second-order valence-corrected chi connectivity index (χ2v) is 6.31. The van der Waals surface area contributed by atoms with Crippen molar-refractivity contribution in [2.45, 2.75) is 32.9 Å². The average molecular weight is 280 g/mol. The normalized spacial score (nSPS) is 21.8. The van der Waals surface area contributed by atoms with Crippen LogP contribution in [-0.2, 0) is 13.6 Å². The third kappa shape index (κ3) is 4.30. The zero-order valence-electron chi connectivity index (χ0n) is 13.0. The molecule has 1 fully saturated rings. The SMILES string of the molecule is CC(C)CN1CCN(Cc2cnn(C)c2)CC1CCO. The second-order valence-electron chi connectivity index (χ2n) is 6.31. The number of hydrogen-bond donors (Lipinski definition) is 1. The molecule has 5 nitrogen and oxygen atoms in total. The molecule has 1 aliphatic heterocycles. The Hall–Kier alpha value is -0.910. The van der Waals surface area contributed by atoms with Crippen molar-refractivity contribution in [1.82, 2.24) is 19.6 Å². The van der Waals surface area contributed by atoms with Crippen molar-refractivity contribution >= 4 is 0 Å². The van der Waals surface area contributed by atoms with Crippen LogP contribution in [0, 0.1) is 5.92 Å². The zero-order valence-corrected chi connectivity index (χ0v) is 13.0. The molecule has 1 unspecified atom stereocenters. The van der Waals surface area contributed by atoms with Gasteiger partial charge in [0.15, 0.2) is 0 Å². The van der Waals surface area contributed by atoms with E-state index in [4.69, 9.17) is 0 Å². The van der Waals surface area contributed by atoms with E-state index in [1.165, 1.54) is 5.56 Å². The van der Waals surface area contributed by atoms with E-state index in [2.05, 4.69) is 34.9 Å². The number of hydrogen-bond acceptors (Lipinski definition) is 4. The number of aryl methyl sites for hydroxylation is 1. The Morgan fingerprint density at radius 1 is 1.40 bits per heavy atom. The lowest BCUT2D eigenvalue weighted by Crippen LogP contribution is -2.53. The molecule has 0 bridgehead atoms. The van der Waals surface area contributed by atoms with E-state index in [0.717, 1.165) is 39.1 Å². The molecule has 0 spiro atoms. The molecule has 20 heavy (non-hydrogen) atoms. The van der Waals surface area contributed by atoms with E-state index in [0.29, 0.717) is 12.0 Å². The summed E-state index contributed by atoms with van der Waals surface area (Å²) >= 11 is 0. The monoisotopic (exact) mass is 280 g/mol. The molecule has 0 aliphatic carbocycles. The Balaban J connectivity index is 1.91. The van der Waals surface area contributed by atoms with Gasteiger partial charge in [-0.25, -0.2) is 0 Å². The Morgan fingerprint density at radius 2 is 2.20 bits per heavy atom. The van der Waals surface area contributed by atoms with Crippen LogP contribution in [0.25, 0.3) is 0 Å². The summed E-state index contributed by atoms with van der Waals surface area (Å²) in [6.45, 7) is 10.1. The standard InChI is InChI=1S/C15H28N4O/c1-13(2)9-19-6-5-18(12-15(19)4-7-20)11-14-8-16-17(3)10-14/h8,10,13,15,20H,4-7,9,11-12H2,1-3H3. The van der Waals surface area contributed by atoms with Crippen LogP contribution < -0.4 is 0 Å². The average Bonchev–Trinajstić information content (AvgIpc) is 2.78. The molecule has 1 aromatic heterocycles. The molecular weight excluding hydrogens is 252 g/mol. The van der Waals surface area contributed by atoms with E-state index in [1.807, 2.05) is 17.9 Å². The first kappa shape index (κ1) is 15.5. The van der Waals surface area contributed by atoms with Crippen molar-refractivity contribution < 1.29 is 5.11 Å². The summed E-state index contributed by atoms with van der Waals surface area (Å²) in [7, 11) is 1.96. The van der Waals surface area contributed by atoms with Crippen LogP contribution in [0.1, 0.15) is 25.8 Å². The van der Waals surface area contributed by atoms with Crippen molar-refractivity contribution in [2.75, 3.05) is 32.8 Å². The number of rotatable bonds is 6. The molecule has 1 aliphatic rings. The first-order valence-electron chi connectivity index (χ1n) is 7.63. The highest BCUT2D eigenvalue weighted by Crippen LogP contribution is 2.16. The minimum Gasteiger partial charge on any atom is -0.396 e. The maximum absolute atomic E-state index is 9.29. The molecule has 0 saturated carbocycles. The molecule has 1 saturated heterocycles. The van der Waals surface area contributed by atoms with Crippen LogP contribution in [0.3, 0.4) is 0 Å². The van der Waals surface area contributed by atoms with Gasteiger partial charge in [-0.2, -0.15) is 5.10 Å². The van der Waals surface area contributed by atoms with Gasteiger partial charge < -0.3 is 5.11 Å². The van der Waals surface area contributed by atoms with E-state index in [-0.39, 0.29) is 6.61 Å².